The SMILES string of the molecule is CCc1c(C=O)nnn1-c1ccc(Br)cc1. The van der Waals surface area contributed by atoms with Crippen molar-refractivity contribution in [1.82, 2.24) is 15.0 Å². The molecule has 0 aliphatic heterocycles. The molecule has 1 aromatic carbocycles. The first-order valence-electron chi connectivity index (χ1n) is 4.92. The molecule has 4 nitrogen and oxygen atoms in total. The van der Waals surface area contributed by atoms with Gasteiger partial charge < -0.3 is 0 Å². The van der Waals surface area contributed by atoms with E-state index in [-0.39, 0.29) is 0 Å². The quantitative estimate of drug-likeness (QED) is 0.811. The Morgan fingerprint density at radius 2 is 2.06 bits per heavy atom. The van der Waals surface area contributed by atoms with Crippen LogP contribution >= 0.6 is 15.9 Å². The normalized spacial score (nSPS) is 10.4. The van der Waals surface area contributed by atoms with Crippen LogP contribution in [0.1, 0.15) is 23.1 Å². The second-order valence-electron chi connectivity index (χ2n) is 3.28. The zero-order valence-corrected chi connectivity index (χ0v) is 10.3. The van der Waals surface area contributed by atoms with E-state index < -0.39 is 0 Å². The molecule has 82 valence electrons. The van der Waals surface area contributed by atoms with Crippen LogP contribution in [0.2, 0.25) is 0 Å². The van der Waals surface area contributed by atoms with Gasteiger partial charge in [-0.25, -0.2) is 4.68 Å². The van der Waals surface area contributed by atoms with Gasteiger partial charge in [-0.05, 0) is 30.7 Å². The Morgan fingerprint density at radius 1 is 1.38 bits per heavy atom. The van der Waals surface area contributed by atoms with Gasteiger partial charge in [-0.3, -0.25) is 4.79 Å². The van der Waals surface area contributed by atoms with Crippen molar-refractivity contribution in [3.63, 3.8) is 0 Å². The number of rotatable bonds is 3. The van der Waals surface area contributed by atoms with Crippen LogP contribution in [0.3, 0.4) is 0 Å². The Labute approximate surface area is 101 Å². The lowest BCUT2D eigenvalue weighted by Gasteiger charge is -2.04. The van der Waals surface area contributed by atoms with E-state index in [1.807, 2.05) is 31.2 Å². The van der Waals surface area contributed by atoms with E-state index in [1.54, 1.807) is 4.68 Å². The average Bonchev–Trinajstić information content (AvgIpc) is 2.72. The molecule has 0 fully saturated rings. The molecule has 0 spiro atoms. The van der Waals surface area contributed by atoms with Crippen molar-refractivity contribution < 1.29 is 4.79 Å². The van der Waals surface area contributed by atoms with Crippen LogP contribution in [0.15, 0.2) is 28.7 Å². The third-order valence-corrected chi connectivity index (χ3v) is 2.84. The maximum Gasteiger partial charge on any atom is 0.172 e. The number of aromatic nitrogens is 3. The number of carbonyl (C=O) groups excluding carboxylic acids is 1. The van der Waals surface area contributed by atoms with Crippen molar-refractivity contribution in [2.45, 2.75) is 13.3 Å². The minimum atomic E-state index is 0.408. The second-order valence-corrected chi connectivity index (χ2v) is 4.20. The summed E-state index contributed by atoms with van der Waals surface area (Å²) in [6.07, 6.45) is 1.46. The third-order valence-electron chi connectivity index (χ3n) is 2.31. The van der Waals surface area contributed by atoms with Gasteiger partial charge in [0, 0.05) is 4.47 Å². The van der Waals surface area contributed by atoms with E-state index in [9.17, 15) is 4.79 Å². The van der Waals surface area contributed by atoms with Gasteiger partial charge in [-0.2, -0.15) is 0 Å². The molecule has 0 aliphatic carbocycles. The molecule has 1 heterocycles. The van der Waals surface area contributed by atoms with Gasteiger partial charge in [-0.15, -0.1) is 5.10 Å². The molecule has 0 saturated heterocycles. The fourth-order valence-corrected chi connectivity index (χ4v) is 1.79. The molecule has 0 amide bonds. The first kappa shape index (κ1) is 11.0. The predicted molar refractivity (Wildman–Crippen MR) is 63.8 cm³/mol. The van der Waals surface area contributed by atoms with Gasteiger partial charge in [0.1, 0.15) is 5.69 Å². The first-order chi connectivity index (χ1) is 7.76. The number of halogens is 1. The van der Waals surface area contributed by atoms with Crippen LogP contribution in [-0.4, -0.2) is 21.3 Å². The summed E-state index contributed by atoms with van der Waals surface area (Å²) in [5.74, 6) is 0. The monoisotopic (exact) mass is 279 g/mol. The lowest BCUT2D eigenvalue weighted by Crippen LogP contribution is -2.02. The summed E-state index contributed by atoms with van der Waals surface area (Å²) in [4.78, 5) is 10.8. The second kappa shape index (κ2) is 4.57. The highest BCUT2D eigenvalue weighted by atomic mass is 79.9. The van der Waals surface area contributed by atoms with Crippen LogP contribution in [0.4, 0.5) is 0 Å². The van der Waals surface area contributed by atoms with E-state index in [1.165, 1.54) is 0 Å². The van der Waals surface area contributed by atoms with Crippen molar-refractivity contribution >= 4 is 22.2 Å². The molecule has 0 saturated carbocycles. The standard InChI is InChI=1S/C11H10BrN3O/c1-2-11-10(7-16)13-14-15(11)9-5-3-8(12)4-6-9/h3-7H,2H2,1H3. The van der Waals surface area contributed by atoms with Gasteiger partial charge in [0.25, 0.3) is 0 Å². The number of benzene rings is 1. The van der Waals surface area contributed by atoms with Crippen molar-refractivity contribution in [2.75, 3.05) is 0 Å². The Balaban J connectivity index is 2.51. The molecular weight excluding hydrogens is 270 g/mol. The molecule has 2 aromatic rings. The summed E-state index contributed by atoms with van der Waals surface area (Å²) in [5, 5.41) is 7.82. The van der Waals surface area contributed by atoms with Crippen molar-refractivity contribution in [1.29, 1.82) is 0 Å². The molecule has 2 rings (SSSR count). The minimum absolute atomic E-state index is 0.408. The fourth-order valence-electron chi connectivity index (χ4n) is 1.53. The fraction of sp³-hybridized carbons (Fsp3) is 0.182. The first-order valence-corrected chi connectivity index (χ1v) is 5.71. The summed E-state index contributed by atoms with van der Waals surface area (Å²) in [7, 11) is 0. The van der Waals surface area contributed by atoms with E-state index in [0.717, 1.165) is 28.6 Å². The molecule has 0 unspecified atom stereocenters. The van der Waals surface area contributed by atoms with E-state index in [0.29, 0.717) is 5.69 Å². The number of aldehydes is 1. The van der Waals surface area contributed by atoms with Crippen LogP contribution in [0.5, 0.6) is 0 Å². The molecule has 1 aromatic heterocycles. The minimum Gasteiger partial charge on any atom is -0.296 e. The molecule has 0 aliphatic rings. The largest absolute Gasteiger partial charge is 0.296 e. The van der Waals surface area contributed by atoms with E-state index in [4.69, 9.17) is 0 Å². The van der Waals surface area contributed by atoms with Crippen LogP contribution in [0.25, 0.3) is 5.69 Å². The predicted octanol–water partition coefficient (Wildman–Crippen LogP) is 2.40. The van der Waals surface area contributed by atoms with Crippen LogP contribution in [-0.2, 0) is 6.42 Å². The average molecular weight is 280 g/mol. The lowest BCUT2D eigenvalue weighted by molar-refractivity contribution is 0.111. The molecule has 0 atom stereocenters. The molecule has 16 heavy (non-hydrogen) atoms. The maximum atomic E-state index is 10.8. The Morgan fingerprint density at radius 3 is 2.62 bits per heavy atom. The lowest BCUT2D eigenvalue weighted by atomic mass is 10.2. The topological polar surface area (TPSA) is 47.8 Å². The highest BCUT2D eigenvalue weighted by Crippen LogP contribution is 2.16. The molecule has 0 N–H and O–H groups in total. The van der Waals surface area contributed by atoms with Gasteiger partial charge in [-0.1, -0.05) is 28.1 Å². The molecular formula is C11H10BrN3O. The zero-order chi connectivity index (χ0) is 11.5. The molecule has 5 heteroatoms. The van der Waals surface area contributed by atoms with Crippen molar-refractivity contribution in [3.8, 4) is 5.69 Å². The molecule has 0 bridgehead atoms. The van der Waals surface area contributed by atoms with Gasteiger partial charge in [0.2, 0.25) is 0 Å². The summed E-state index contributed by atoms with van der Waals surface area (Å²) >= 11 is 3.37. The van der Waals surface area contributed by atoms with Gasteiger partial charge >= 0.3 is 0 Å². The summed E-state index contributed by atoms with van der Waals surface area (Å²) in [6, 6.07) is 7.70. The number of nitrogens with zero attached hydrogens (tertiary/aromatic N) is 3. The third kappa shape index (κ3) is 1.90. The number of hydrogen-bond donors (Lipinski definition) is 0. The van der Waals surface area contributed by atoms with Crippen molar-refractivity contribution in [2.24, 2.45) is 0 Å². The van der Waals surface area contributed by atoms with Crippen LogP contribution in [0, 0.1) is 0 Å². The Kier molecular flexibility index (Phi) is 3.14. The molecule has 0 radical (unpaired) electrons. The van der Waals surface area contributed by atoms with E-state index in [2.05, 4.69) is 26.2 Å². The van der Waals surface area contributed by atoms with Gasteiger partial charge in [0.05, 0.1) is 11.4 Å². The Hall–Kier alpha value is -1.49. The summed E-state index contributed by atoms with van der Waals surface area (Å²) < 4.78 is 2.70. The number of hydrogen-bond acceptors (Lipinski definition) is 3. The highest BCUT2D eigenvalue weighted by molar-refractivity contribution is 9.10. The number of carbonyl (C=O) groups is 1. The summed E-state index contributed by atoms with van der Waals surface area (Å²) in [5.41, 5.74) is 2.14. The Bertz CT molecular complexity index is 504. The van der Waals surface area contributed by atoms with Crippen molar-refractivity contribution in [3.05, 3.63) is 40.1 Å². The van der Waals surface area contributed by atoms with Gasteiger partial charge in [0.15, 0.2) is 6.29 Å². The zero-order valence-electron chi connectivity index (χ0n) is 8.72. The van der Waals surface area contributed by atoms with Crippen LogP contribution < -0.4 is 0 Å². The smallest absolute Gasteiger partial charge is 0.172 e. The van der Waals surface area contributed by atoms with E-state index >= 15 is 0 Å². The maximum absolute atomic E-state index is 10.8. The summed E-state index contributed by atoms with van der Waals surface area (Å²) in [6.45, 7) is 1.97. The highest BCUT2D eigenvalue weighted by Gasteiger charge is 2.11.